The van der Waals surface area contributed by atoms with Crippen LogP contribution in [0.1, 0.15) is 0 Å². The van der Waals surface area contributed by atoms with Crippen LogP contribution >= 0.6 is 15.9 Å². The van der Waals surface area contributed by atoms with Gasteiger partial charge in [0.25, 0.3) is 0 Å². The van der Waals surface area contributed by atoms with Crippen molar-refractivity contribution < 1.29 is 0 Å². The average Bonchev–Trinajstić information content (AvgIpc) is 2.78. The van der Waals surface area contributed by atoms with Crippen LogP contribution in [0.3, 0.4) is 0 Å². The quantitative estimate of drug-likeness (QED) is 0.787. The second-order valence-electron chi connectivity index (χ2n) is 3.56. The van der Waals surface area contributed by atoms with Gasteiger partial charge < -0.3 is 9.72 Å². The molecule has 3 aromatic rings. The summed E-state index contributed by atoms with van der Waals surface area (Å²) in [5, 5.41) is 3.25. The van der Waals surface area contributed by atoms with E-state index < -0.39 is 0 Å². The molecule has 0 aliphatic rings. The van der Waals surface area contributed by atoms with Crippen LogP contribution in [0.25, 0.3) is 5.65 Å². The fourth-order valence-corrected chi connectivity index (χ4v) is 2.04. The van der Waals surface area contributed by atoms with E-state index in [-0.39, 0.29) is 0 Å². The van der Waals surface area contributed by atoms with Crippen molar-refractivity contribution in [2.24, 2.45) is 0 Å². The van der Waals surface area contributed by atoms with Crippen molar-refractivity contribution in [2.75, 3.05) is 5.32 Å². The smallest absolute Gasteiger partial charge is 0.180 e. The van der Waals surface area contributed by atoms with Crippen LogP contribution in [0, 0.1) is 0 Å². The number of halogens is 1. The van der Waals surface area contributed by atoms with Crippen molar-refractivity contribution >= 4 is 33.1 Å². The monoisotopic (exact) mass is 288 g/mol. The number of rotatable bonds is 2. The van der Waals surface area contributed by atoms with Gasteiger partial charge in [0.2, 0.25) is 0 Å². The van der Waals surface area contributed by atoms with Crippen LogP contribution < -0.4 is 5.32 Å². The number of nitrogens with one attached hydrogen (secondary N) is 1. The maximum Gasteiger partial charge on any atom is 0.180 e. The molecule has 0 radical (unpaired) electrons. The average molecular weight is 289 g/mol. The Balaban J connectivity index is 2.08. The molecule has 0 amide bonds. The molecular formula is C12H9BrN4. The first-order valence-corrected chi connectivity index (χ1v) is 5.93. The van der Waals surface area contributed by atoms with Crippen LogP contribution in [-0.2, 0) is 0 Å². The Hall–Kier alpha value is -1.88. The number of aromatic nitrogens is 3. The first-order chi connectivity index (χ1) is 8.33. The number of nitrogens with zero attached hydrogens (tertiary/aromatic N) is 3. The van der Waals surface area contributed by atoms with E-state index in [2.05, 4.69) is 31.2 Å². The lowest BCUT2D eigenvalue weighted by atomic mass is 10.3. The van der Waals surface area contributed by atoms with Crippen LogP contribution in [0.5, 0.6) is 0 Å². The molecular weight excluding hydrogens is 280 g/mol. The van der Waals surface area contributed by atoms with Crippen LogP contribution in [0.2, 0.25) is 0 Å². The standard InChI is InChI=1S/C12H9BrN4/c13-10-8-17-7-6-14-12(17)11(16-10)15-9-4-2-1-3-5-9/h1-8H,(H,15,16). The van der Waals surface area contributed by atoms with Crippen molar-refractivity contribution in [1.29, 1.82) is 0 Å². The number of hydrogen-bond donors (Lipinski definition) is 1. The van der Waals surface area contributed by atoms with Gasteiger partial charge in [0, 0.05) is 24.3 Å². The molecule has 0 fully saturated rings. The lowest BCUT2D eigenvalue weighted by molar-refractivity contribution is 1.10. The highest BCUT2D eigenvalue weighted by molar-refractivity contribution is 9.10. The van der Waals surface area contributed by atoms with E-state index in [0.717, 1.165) is 21.8 Å². The zero-order valence-corrected chi connectivity index (χ0v) is 10.4. The van der Waals surface area contributed by atoms with Crippen molar-refractivity contribution in [2.45, 2.75) is 0 Å². The number of para-hydroxylation sites is 1. The van der Waals surface area contributed by atoms with Gasteiger partial charge in [-0.2, -0.15) is 0 Å². The molecule has 0 spiro atoms. The van der Waals surface area contributed by atoms with Crippen LogP contribution in [0.15, 0.2) is 53.5 Å². The molecule has 0 saturated carbocycles. The Labute approximate surface area is 106 Å². The van der Waals surface area contributed by atoms with Crippen LogP contribution in [0.4, 0.5) is 11.5 Å². The van der Waals surface area contributed by atoms with Gasteiger partial charge in [0.05, 0.1) is 0 Å². The molecule has 0 aliphatic carbocycles. The third-order valence-electron chi connectivity index (χ3n) is 2.38. The van der Waals surface area contributed by atoms with Gasteiger partial charge in [-0.25, -0.2) is 9.97 Å². The van der Waals surface area contributed by atoms with E-state index in [1.807, 2.05) is 47.1 Å². The Morgan fingerprint density at radius 2 is 2.00 bits per heavy atom. The maximum atomic E-state index is 4.39. The molecule has 4 nitrogen and oxygen atoms in total. The van der Waals surface area contributed by atoms with Gasteiger partial charge in [0.1, 0.15) is 4.60 Å². The minimum absolute atomic E-state index is 0.732. The molecule has 1 aromatic carbocycles. The largest absolute Gasteiger partial charge is 0.337 e. The number of anilines is 2. The summed E-state index contributed by atoms with van der Waals surface area (Å²) >= 11 is 3.38. The van der Waals surface area contributed by atoms with Gasteiger partial charge in [-0.3, -0.25) is 0 Å². The summed E-state index contributed by atoms with van der Waals surface area (Å²) in [6, 6.07) is 9.90. The normalized spacial score (nSPS) is 10.6. The summed E-state index contributed by atoms with van der Waals surface area (Å²) in [5.41, 5.74) is 1.79. The second kappa shape index (κ2) is 4.18. The lowest BCUT2D eigenvalue weighted by Gasteiger charge is -2.07. The highest BCUT2D eigenvalue weighted by atomic mass is 79.9. The molecule has 0 aliphatic heterocycles. The zero-order chi connectivity index (χ0) is 11.7. The predicted octanol–water partition coefficient (Wildman–Crippen LogP) is 3.24. The summed E-state index contributed by atoms with van der Waals surface area (Å²) in [7, 11) is 0. The second-order valence-corrected chi connectivity index (χ2v) is 4.37. The molecule has 5 heteroatoms. The summed E-state index contributed by atoms with van der Waals surface area (Å²) in [4.78, 5) is 8.66. The SMILES string of the molecule is Brc1cn2ccnc2c(Nc2ccccc2)n1. The Morgan fingerprint density at radius 1 is 1.18 bits per heavy atom. The van der Waals surface area contributed by atoms with Gasteiger partial charge in [-0.1, -0.05) is 18.2 Å². The maximum absolute atomic E-state index is 4.39. The molecule has 84 valence electrons. The zero-order valence-electron chi connectivity index (χ0n) is 8.84. The molecule has 0 bridgehead atoms. The summed E-state index contributed by atoms with van der Waals surface area (Å²) in [6.07, 6.45) is 5.51. The van der Waals surface area contributed by atoms with E-state index in [0.29, 0.717) is 0 Å². The van der Waals surface area contributed by atoms with Crippen molar-refractivity contribution in [1.82, 2.24) is 14.4 Å². The molecule has 0 unspecified atom stereocenters. The molecule has 17 heavy (non-hydrogen) atoms. The lowest BCUT2D eigenvalue weighted by Crippen LogP contribution is -1.98. The topological polar surface area (TPSA) is 42.2 Å². The predicted molar refractivity (Wildman–Crippen MR) is 70.4 cm³/mol. The number of imidazole rings is 1. The van der Waals surface area contributed by atoms with Crippen LogP contribution in [-0.4, -0.2) is 14.4 Å². The van der Waals surface area contributed by atoms with Crippen molar-refractivity contribution in [3.05, 3.63) is 53.5 Å². The Morgan fingerprint density at radius 3 is 2.82 bits per heavy atom. The van der Waals surface area contributed by atoms with Gasteiger partial charge >= 0.3 is 0 Å². The Bertz CT molecular complexity index is 648. The highest BCUT2D eigenvalue weighted by Gasteiger charge is 2.06. The number of fused-ring (bicyclic) bond motifs is 1. The van der Waals surface area contributed by atoms with E-state index in [1.54, 1.807) is 6.20 Å². The van der Waals surface area contributed by atoms with E-state index in [1.165, 1.54) is 0 Å². The molecule has 0 saturated heterocycles. The summed E-state index contributed by atoms with van der Waals surface area (Å²) in [5.74, 6) is 0.732. The fourth-order valence-electron chi connectivity index (χ4n) is 1.64. The molecule has 3 rings (SSSR count). The van der Waals surface area contributed by atoms with Crippen molar-refractivity contribution in [3.8, 4) is 0 Å². The molecule has 2 aromatic heterocycles. The number of benzene rings is 1. The first-order valence-electron chi connectivity index (χ1n) is 5.14. The van der Waals surface area contributed by atoms with Gasteiger partial charge in [-0.05, 0) is 28.1 Å². The summed E-state index contributed by atoms with van der Waals surface area (Å²) < 4.78 is 2.68. The van der Waals surface area contributed by atoms with E-state index in [9.17, 15) is 0 Å². The summed E-state index contributed by atoms with van der Waals surface area (Å²) in [6.45, 7) is 0. The van der Waals surface area contributed by atoms with Gasteiger partial charge in [0.15, 0.2) is 11.5 Å². The third kappa shape index (κ3) is 2.01. The van der Waals surface area contributed by atoms with Gasteiger partial charge in [-0.15, -0.1) is 0 Å². The highest BCUT2D eigenvalue weighted by Crippen LogP contribution is 2.20. The third-order valence-corrected chi connectivity index (χ3v) is 2.76. The molecule has 1 N–H and O–H groups in total. The van der Waals surface area contributed by atoms with E-state index >= 15 is 0 Å². The minimum atomic E-state index is 0.732. The molecule has 2 heterocycles. The number of hydrogen-bond acceptors (Lipinski definition) is 3. The first kappa shape index (κ1) is 10.3. The minimum Gasteiger partial charge on any atom is -0.337 e. The van der Waals surface area contributed by atoms with Crippen molar-refractivity contribution in [3.63, 3.8) is 0 Å². The fraction of sp³-hybridized carbons (Fsp3) is 0. The Kier molecular flexibility index (Phi) is 2.53. The molecule has 0 atom stereocenters. The van der Waals surface area contributed by atoms with E-state index in [4.69, 9.17) is 0 Å².